The van der Waals surface area contributed by atoms with Crippen LogP contribution in [0.5, 0.6) is 0 Å². The molecule has 0 amide bonds. The largest absolute Gasteiger partial charge is 0.456 e. The van der Waals surface area contributed by atoms with Gasteiger partial charge in [0, 0.05) is 0 Å². The Labute approximate surface area is 139 Å². The topological polar surface area (TPSA) is 30.2 Å². The third-order valence-electron chi connectivity index (χ3n) is 4.15. The molecule has 0 saturated carbocycles. The van der Waals surface area contributed by atoms with Gasteiger partial charge in [-0.15, -0.1) is 0 Å². The van der Waals surface area contributed by atoms with Gasteiger partial charge in [-0.1, -0.05) is 60.2 Å². The molecule has 0 unspecified atom stereocenters. The average molecular weight is 312 g/mol. The SMILES string of the molecule is Cc1ccc(C=Cc2ccc3c(=O)c4ccccc4oc3c2)cc1. The monoisotopic (exact) mass is 312 g/mol. The second kappa shape index (κ2) is 5.82. The van der Waals surface area contributed by atoms with E-state index < -0.39 is 0 Å². The van der Waals surface area contributed by atoms with Crippen LogP contribution in [-0.2, 0) is 0 Å². The Morgan fingerprint density at radius 2 is 1.42 bits per heavy atom. The van der Waals surface area contributed by atoms with Gasteiger partial charge in [0.1, 0.15) is 11.2 Å². The number of rotatable bonds is 2. The molecule has 2 heteroatoms. The Balaban J connectivity index is 1.79. The van der Waals surface area contributed by atoms with E-state index in [-0.39, 0.29) is 5.43 Å². The van der Waals surface area contributed by atoms with E-state index in [9.17, 15) is 4.79 Å². The highest BCUT2D eigenvalue weighted by Gasteiger charge is 2.06. The van der Waals surface area contributed by atoms with Crippen molar-refractivity contribution in [3.63, 3.8) is 0 Å². The van der Waals surface area contributed by atoms with Crippen LogP contribution in [0.3, 0.4) is 0 Å². The molecule has 0 saturated heterocycles. The van der Waals surface area contributed by atoms with E-state index in [0.717, 1.165) is 11.1 Å². The molecule has 0 N–H and O–H groups in total. The molecule has 4 aromatic rings. The smallest absolute Gasteiger partial charge is 0.200 e. The van der Waals surface area contributed by atoms with Gasteiger partial charge in [0.25, 0.3) is 0 Å². The molecule has 4 rings (SSSR count). The molecule has 0 aliphatic carbocycles. The summed E-state index contributed by atoms with van der Waals surface area (Å²) in [7, 11) is 0. The summed E-state index contributed by atoms with van der Waals surface area (Å²) in [5, 5.41) is 1.23. The molecule has 2 nitrogen and oxygen atoms in total. The van der Waals surface area contributed by atoms with Crippen molar-refractivity contribution in [3.05, 3.63) is 93.6 Å². The quantitative estimate of drug-likeness (QED) is 0.365. The van der Waals surface area contributed by atoms with Crippen LogP contribution >= 0.6 is 0 Å². The number of hydrogen-bond donors (Lipinski definition) is 0. The van der Waals surface area contributed by atoms with E-state index in [4.69, 9.17) is 4.42 Å². The highest BCUT2D eigenvalue weighted by Crippen LogP contribution is 2.20. The molecule has 0 aliphatic rings. The van der Waals surface area contributed by atoms with E-state index in [2.05, 4.69) is 37.3 Å². The first kappa shape index (κ1) is 14.5. The first-order chi connectivity index (χ1) is 11.7. The Morgan fingerprint density at radius 1 is 0.750 bits per heavy atom. The highest BCUT2D eigenvalue weighted by molar-refractivity contribution is 5.90. The molecule has 0 fully saturated rings. The molecule has 0 spiro atoms. The summed E-state index contributed by atoms with van der Waals surface area (Å²) in [5.41, 5.74) is 4.63. The van der Waals surface area contributed by atoms with Crippen molar-refractivity contribution in [3.8, 4) is 0 Å². The maximum Gasteiger partial charge on any atom is 0.200 e. The third-order valence-corrected chi connectivity index (χ3v) is 4.15. The molecular formula is C22H16O2. The molecule has 3 aromatic carbocycles. The number of para-hydroxylation sites is 1. The van der Waals surface area contributed by atoms with Crippen LogP contribution in [0.4, 0.5) is 0 Å². The summed E-state index contributed by atoms with van der Waals surface area (Å²) < 4.78 is 5.90. The summed E-state index contributed by atoms with van der Waals surface area (Å²) in [4.78, 5) is 12.5. The van der Waals surface area contributed by atoms with Crippen LogP contribution in [-0.4, -0.2) is 0 Å². The van der Waals surface area contributed by atoms with Crippen molar-refractivity contribution in [2.75, 3.05) is 0 Å². The lowest BCUT2D eigenvalue weighted by Gasteiger charge is -2.02. The normalized spacial score (nSPS) is 11.5. The number of hydrogen-bond acceptors (Lipinski definition) is 2. The summed E-state index contributed by atoms with van der Waals surface area (Å²) in [6.07, 6.45) is 4.08. The molecule has 0 radical (unpaired) electrons. The molecule has 24 heavy (non-hydrogen) atoms. The van der Waals surface area contributed by atoms with Crippen molar-refractivity contribution >= 4 is 34.1 Å². The predicted molar refractivity (Wildman–Crippen MR) is 100 cm³/mol. The van der Waals surface area contributed by atoms with E-state index in [0.29, 0.717) is 21.9 Å². The lowest BCUT2D eigenvalue weighted by Crippen LogP contribution is -2.01. The average Bonchev–Trinajstić information content (AvgIpc) is 2.61. The zero-order valence-corrected chi connectivity index (χ0v) is 13.3. The van der Waals surface area contributed by atoms with Gasteiger partial charge < -0.3 is 4.42 Å². The molecular weight excluding hydrogens is 296 g/mol. The van der Waals surface area contributed by atoms with E-state index in [1.807, 2.05) is 42.5 Å². The van der Waals surface area contributed by atoms with Crippen LogP contribution in [0.1, 0.15) is 16.7 Å². The Bertz CT molecular complexity index is 1120. The van der Waals surface area contributed by atoms with Gasteiger partial charge in [0.2, 0.25) is 5.43 Å². The minimum atomic E-state index is 0.0147. The van der Waals surface area contributed by atoms with Crippen LogP contribution in [0.2, 0.25) is 0 Å². The minimum absolute atomic E-state index is 0.0147. The van der Waals surface area contributed by atoms with Crippen LogP contribution in [0, 0.1) is 6.92 Å². The van der Waals surface area contributed by atoms with Crippen LogP contribution < -0.4 is 5.43 Å². The maximum absolute atomic E-state index is 12.5. The van der Waals surface area contributed by atoms with Crippen LogP contribution in [0.15, 0.2) is 75.9 Å². The van der Waals surface area contributed by atoms with Gasteiger partial charge in [-0.25, -0.2) is 0 Å². The fourth-order valence-electron chi connectivity index (χ4n) is 2.79. The van der Waals surface area contributed by atoms with Crippen LogP contribution in [0.25, 0.3) is 34.1 Å². The first-order valence-electron chi connectivity index (χ1n) is 7.91. The summed E-state index contributed by atoms with van der Waals surface area (Å²) in [6.45, 7) is 2.07. The van der Waals surface area contributed by atoms with Gasteiger partial charge in [-0.3, -0.25) is 4.79 Å². The van der Waals surface area contributed by atoms with Gasteiger partial charge in [0.15, 0.2) is 0 Å². The Kier molecular flexibility index (Phi) is 3.51. The molecule has 0 bridgehead atoms. The molecule has 1 aromatic heterocycles. The van der Waals surface area contributed by atoms with Crippen molar-refractivity contribution in [2.24, 2.45) is 0 Å². The third kappa shape index (κ3) is 2.63. The molecule has 0 aliphatic heterocycles. The molecule has 1 heterocycles. The number of fused-ring (bicyclic) bond motifs is 2. The highest BCUT2D eigenvalue weighted by atomic mass is 16.3. The second-order valence-corrected chi connectivity index (χ2v) is 5.93. The zero-order chi connectivity index (χ0) is 16.5. The lowest BCUT2D eigenvalue weighted by molar-refractivity contribution is 0.660. The van der Waals surface area contributed by atoms with Crippen molar-refractivity contribution in [2.45, 2.75) is 6.92 Å². The second-order valence-electron chi connectivity index (χ2n) is 5.93. The van der Waals surface area contributed by atoms with Gasteiger partial charge in [-0.2, -0.15) is 0 Å². The van der Waals surface area contributed by atoms with Crippen molar-refractivity contribution < 1.29 is 4.42 Å². The number of benzene rings is 3. The fraction of sp³-hybridized carbons (Fsp3) is 0.0455. The Morgan fingerprint density at radius 3 is 2.25 bits per heavy atom. The molecule has 0 atom stereocenters. The predicted octanol–water partition coefficient (Wildman–Crippen LogP) is 5.43. The first-order valence-corrected chi connectivity index (χ1v) is 7.91. The van der Waals surface area contributed by atoms with Gasteiger partial charge in [0.05, 0.1) is 10.8 Å². The zero-order valence-electron chi connectivity index (χ0n) is 13.3. The summed E-state index contributed by atoms with van der Waals surface area (Å²) in [5.74, 6) is 0. The molecule has 116 valence electrons. The van der Waals surface area contributed by atoms with E-state index in [1.165, 1.54) is 5.56 Å². The van der Waals surface area contributed by atoms with Crippen molar-refractivity contribution in [1.82, 2.24) is 0 Å². The summed E-state index contributed by atoms with van der Waals surface area (Å²) in [6, 6.07) is 21.4. The summed E-state index contributed by atoms with van der Waals surface area (Å²) >= 11 is 0. The minimum Gasteiger partial charge on any atom is -0.456 e. The number of aryl methyl sites for hydroxylation is 1. The van der Waals surface area contributed by atoms with E-state index in [1.54, 1.807) is 6.07 Å². The van der Waals surface area contributed by atoms with Gasteiger partial charge >= 0.3 is 0 Å². The van der Waals surface area contributed by atoms with Crippen molar-refractivity contribution in [1.29, 1.82) is 0 Å². The van der Waals surface area contributed by atoms with Gasteiger partial charge in [-0.05, 0) is 42.3 Å². The Hall–Kier alpha value is -3.13. The lowest BCUT2D eigenvalue weighted by atomic mass is 10.1. The van der Waals surface area contributed by atoms with E-state index >= 15 is 0 Å². The fourth-order valence-corrected chi connectivity index (χ4v) is 2.79. The standard InChI is InChI=1S/C22H16O2/c1-15-6-8-16(9-7-15)10-11-17-12-13-19-21(14-17)24-20-5-3-2-4-18(20)22(19)23/h2-14H,1H3. The maximum atomic E-state index is 12.5.